The van der Waals surface area contributed by atoms with Crippen molar-refractivity contribution in [2.24, 2.45) is 11.3 Å². The molecule has 0 radical (unpaired) electrons. The Morgan fingerprint density at radius 2 is 1.78 bits per heavy atom. The Kier molecular flexibility index (Phi) is 4.71. The van der Waals surface area contributed by atoms with Crippen LogP contribution in [0.4, 0.5) is 0 Å². The fourth-order valence-electron chi connectivity index (χ4n) is 3.73. The Hall–Kier alpha value is -0.0800. The molecular weight excluding hydrogens is 222 g/mol. The topological polar surface area (TPSA) is 23.5 Å². The third-order valence-electron chi connectivity index (χ3n) is 5.05. The predicted molar refractivity (Wildman–Crippen MR) is 76.6 cm³/mol. The van der Waals surface area contributed by atoms with E-state index < -0.39 is 0 Å². The molecule has 1 saturated carbocycles. The largest absolute Gasteiger partial charge is 0.393 e. The summed E-state index contributed by atoms with van der Waals surface area (Å²) >= 11 is 0. The molecule has 2 unspecified atom stereocenters. The molecule has 0 aromatic rings. The number of likely N-dealkylation sites (tertiary alicyclic amines) is 1. The summed E-state index contributed by atoms with van der Waals surface area (Å²) in [6.07, 6.45) is 9.32. The van der Waals surface area contributed by atoms with Crippen LogP contribution in [-0.2, 0) is 0 Å². The van der Waals surface area contributed by atoms with Crippen molar-refractivity contribution in [1.29, 1.82) is 0 Å². The molecule has 1 saturated heterocycles. The Bertz CT molecular complexity index is 252. The molecule has 2 rings (SSSR count). The molecule has 2 heteroatoms. The van der Waals surface area contributed by atoms with Crippen molar-refractivity contribution in [2.75, 3.05) is 13.1 Å². The lowest BCUT2D eigenvalue weighted by atomic mass is 9.87. The number of rotatable bonds is 4. The van der Waals surface area contributed by atoms with E-state index in [0.717, 1.165) is 24.9 Å². The normalized spacial score (nSPS) is 29.0. The summed E-state index contributed by atoms with van der Waals surface area (Å²) in [7, 11) is 0. The molecule has 18 heavy (non-hydrogen) atoms. The van der Waals surface area contributed by atoms with Crippen molar-refractivity contribution >= 4 is 0 Å². The van der Waals surface area contributed by atoms with Gasteiger partial charge in [-0.25, -0.2) is 0 Å². The zero-order chi connectivity index (χ0) is 13.2. The van der Waals surface area contributed by atoms with Crippen LogP contribution in [0.3, 0.4) is 0 Å². The number of nitrogens with zero attached hydrogens (tertiary/aromatic N) is 1. The molecule has 1 aliphatic heterocycles. The molecule has 2 atom stereocenters. The van der Waals surface area contributed by atoms with E-state index in [9.17, 15) is 5.11 Å². The van der Waals surface area contributed by atoms with E-state index in [-0.39, 0.29) is 11.5 Å². The monoisotopic (exact) mass is 253 g/mol. The third-order valence-corrected chi connectivity index (χ3v) is 5.05. The zero-order valence-electron chi connectivity index (χ0n) is 12.5. The Balaban J connectivity index is 1.81. The van der Waals surface area contributed by atoms with Crippen molar-refractivity contribution in [3.8, 4) is 0 Å². The highest BCUT2D eigenvalue weighted by Crippen LogP contribution is 2.35. The lowest BCUT2D eigenvalue weighted by molar-refractivity contribution is 0.0414. The van der Waals surface area contributed by atoms with Gasteiger partial charge >= 0.3 is 0 Å². The molecule has 0 spiro atoms. The van der Waals surface area contributed by atoms with Crippen LogP contribution in [0, 0.1) is 11.3 Å². The van der Waals surface area contributed by atoms with E-state index in [1.54, 1.807) is 0 Å². The van der Waals surface area contributed by atoms with Crippen molar-refractivity contribution in [3.05, 3.63) is 0 Å². The van der Waals surface area contributed by atoms with Gasteiger partial charge in [0.05, 0.1) is 6.10 Å². The van der Waals surface area contributed by atoms with E-state index in [1.807, 2.05) is 0 Å². The quantitative estimate of drug-likeness (QED) is 0.829. The van der Waals surface area contributed by atoms with Crippen LogP contribution in [0.2, 0.25) is 0 Å². The molecule has 0 amide bonds. The van der Waals surface area contributed by atoms with Crippen LogP contribution in [0.15, 0.2) is 0 Å². The Morgan fingerprint density at radius 3 is 2.39 bits per heavy atom. The minimum Gasteiger partial charge on any atom is -0.393 e. The minimum absolute atomic E-state index is 0.0303. The summed E-state index contributed by atoms with van der Waals surface area (Å²) in [5.74, 6) is 0.958. The first kappa shape index (κ1) is 14.3. The number of aliphatic hydroxyl groups excluding tert-OH is 1. The van der Waals surface area contributed by atoms with Crippen LogP contribution in [0.25, 0.3) is 0 Å². The van der Waals surface area contributed by atoms with Gasteiger partial charge in [0, 0.05) is 12.6 Å². The second kappa shape index (κ2) is 5.92. The number of aliphatic hydroxyl groups is 1. The lowest BCUT2D eigenvalue weighted by Crippen LogP contribution is -2.38. The Morgan fingerprint density at radius 1 is 1.11 bits per heavy atom. The third kappa shape index (κ3) is 3.48. The SMILES string of the molecule is CC(C)(C)C(O)CCN1CCCC1C1CCCC1. The Labute approximate surface area is 113 Å². The number of hydrogen-bond acceptors (Lipinski definition) is 2. The highest BCUT2D eigenvalue weighted by atomic mass is 16.3. The van der Waals surface area contributed by atoms with Gasteiger partial charge in [0.15, 0.2) is 0 Å². The maximum absolute atomic E-state index is 10.2. The van der Waals surface area contributed by atoms with Gasteiger partial charge in [-0.05, 0) is 50.0 Å². The molecule has 1 N–H and O–H groups in total. The molecule has 2 nitrogen and oxygen atoms in total. The van der Waals surface area contributed by atoms with Gasteiger partial charge in [-0.1, -0.05) is 33.6 Å². The first-order valence-corrected chi connectivity index (χ1v) is 7.90. The van der Waals surface area contributed by atoms with Gasteiger partial charge in [-0.3, -0.25) is 0 Å². The zero-order valence-corrected chi connectivity index (χ0v) is 12.5. The maximum atomic E-state index is 10.2. The van der Waals surface area contributed by atoms with Gasteiger partial charge in [0.1, 0.15) is 0 Å². The highest BCUT2D eigenvalue weighted by molar-refractivity contribution is 4.88. The van der Waals surface area contributed by atoms with Crippen LogP contribution in [0.1, 0.15) is 65.7 Å². The second-order valence-corrected chi connectivity index (χ2v) is 7.46. The molecular formula is C16H31NO. The van der Waals surface area contributed by atoms with E-state index in [2.05, 4.69) is 25.7 Å². The van der Waals surface area contributed by atoms with E-state index in [1.165, 1.54) is 45.1 Å². The summed E-state index contributed by atoms with van der Waals surface area (Å²) in [4.78, 5) is 2.67. The van der Waals surface area contributed by atoms with Crippen LogP contribution >= 0.6 is 0 Å². The van der Waals surface area contributed by atoms with Gasteiger partial charge in [-0.15, -0.1) is 0 Å². The molecule has 0 aromatic carbocycles. The molecule has 2 fully saturated rings. The van der Waals surface area contributed by atoms with Gasteiger partial charge < -0.3 is 10.0 Å². The van der Waals surface area contributed by atoms with Crippen molar-refractivity contribution in [1.82, 2.24) is 4.90 Å². The molecule has 1 heterocycles. The molecule has 0 aromatic heterocycles. The van der Waals surface area contributed by atoms with E-state index in [4.69, 9.17) is 0 Å². The van der Waals surface area contributed by atoms with Crippen LogP contribution in [-0.4, -0.2) is 35.2 Å². The minimum atomic E-state index is -0.165. The standard InChI is InChI=1S/C16H31NO/c1-16(2,3)15(18)10-12-17-11-6-9-14(17)13-7-4-5-8-13/h13-15,18H,4-12H2,1-3H3. The molecule has 0 bridgehead atoms. The van der Waals surface area contributed by atoms with E-state index in [0.29, 0.717) is 0 Å². The van der Waals surface area contributed by atoms with Gasteiger partial charge in [-0.2, -0.15) is 0 Å². The first-order valence-electron chi connectivity index (χ1n) is 7.90. The van der Waals surface area contributed by atoms with Crippen molar-refractivity contribution in [3.63, 3.8) is 0 Å². The summed E-state index contributed by atoms with van der Waals surface area (Å²) in [5.41, 5.74) is 0.0303. The maximum Gasteiger partial charge on any atom is 0.0600 e. The van der Waals surface area contributed by atoms with Crippen molar-refractivity contribution < 1.29 is 5.11 Å². The molecule has 106 valence electrons. The molecule has 2 aliphatic rings. The van der Waals surface area contributed by atoms with Gasteiger partial charge in [0.2, 0.25) is 0 Å². The van der Waals surface area contributed by atoms with E-state index >= 15 is 0 Å². The predicted octanol–water partition coefficient (Wildman–Crippen LogP) is 3.44. The first-order chi connectivity index (χ1) is 8.48. The summed E-state index contributed by atoms with van der Waals surface area (Å²) in [6, 6.07) is 0.833. The summed E-state index contributed by atoms with van der Waals surface area (Å²) in [6.45, 7) is 8.76. The fourth-order valence-corrected chi connectivity index (χ4v) is 3.73. The molecule has 1 aliphatic carbocycles. The van der Waals surface area contributed by atoms with Crippen molar-refractivity contribution in [2.45, 2.75) is 77.9 Å². The number of hydrogen-bond donors (Lipinski definition) is 1. The summed E-state index contributed by atoms with van der Waals surface area (Å²) in [5, 5.41) is 10.2. The van der Waals surface area contributed by atoms with Crippen LogP contribution in [0.5, 0.6) is 0 Å². The second-order valence-electron chi connectivity index (χ2n) is 7.46. The average Bonchev–Trinajstić information content (AvgIpc) is 2.94. The fraction of sp³-hybridized carbons (Fsp3) is 1.00. The average molecular weight is 253 g/mol. The van der Waals surface area contributed by atoms with Gasteiger partial charge in [0.25, 0.3) is 0 Å². The highest BCUT2D eigenvalue weighted by Gasteiger charge is 2.33. The summed E-state index contributed by atoms with van der Waals surface area (Å²) < 4.78 is 0. The smallest absolute Gasteiger partial charge is 0.0600 e. The lowest BCUT2D eigenvalue weighted by Gasteiger charge is -2.32. The van der Waals surface area contributed by atoms with Crippen LogP contribution < -0.4 is 0 Å².